The van der Waals surface area contributed by atoms with Gasteiger partial charge in [-0.1, -0.05) is 69.4 Å². The van der Waals surface area contributed by atoms with Crippen LogP contribution in [-0.4, -0.2) is 51.9 Å². The molecule has 3 aromatic rings. The van der Waals surface area contributed by atoms with E-state index in [4.69, 9.17) is 4.74 Å². The lowest BCUT2D eigenvalue weighted by molar-refractivity contribution is -0.144. The zero-order valence-corrected chi connectivity index (χ0v) is 23.6. The number of hydrogen-bond donors (Lipinski definition) is 0. The topological polar surface area (TPSA) is 54.8 Å². The van der Waals surface area contributed by atoms with E-state index in [1.807, 2.05) is 53.6 Å². The van der Waals surface area contributed by atoms with Gasteiger partial charge in [0.1, 0.15) is 11.6 Å². The van der Waals surface area contributed by atoms with Crippen molar-refractivity contribution < 1.29 is 18.7 Å². The van der Waals surface area contributed by atoms with Crippen LogP contribution in [0.4, 0.5) is 4.39 Å². The molecule has 7 heteroatoms. The van der Waals surface area contributed by atoms with Gasteiger partial charge in [0.15, 0.2) is 6.61 Å². The molecular weight excluding hydrogens is 505 g/mol. The molecule has 0 radical (unpaired) electrons. The molecule has 0 spiro atoms. The van der Waals surface area contributed by atoms with Gasteiger partial charge < -0.3 is 19.1 Å². The average Bonchev–Trinajstić information content (AvgIpc) is 3.42. The molecule has 0 atom stereocenters. The van der Waals surface area contributed by atoms with E-state index in [0.717, 1.165) is 56.2 Å². The van der Waals surface area contributed by atoms with Crippen molar-refractivity contribution in [2.24, 2.45) is 0 Å². The van der Waals surface area contributed by atoms with Crippen molar-refractivity contribution in [2.45, 2.75) is 77.4 Å². The summed E-state index contributed by atoms with van der Waals surface area (Å²) in [5, 5.41) is 0. The van der Waals surface area contributed by atoms with Gasteiger partial charge in [0, 0.05) is 31.0 Å². The van der Waals surface area contributed by atoms with E-state index in [1.165, 1.54) is 18.6 Å². The number of carbonyl (C=O) groups excluding carboxylic acids is 2. The fourth-order valence-electron chi connectivity index (χ4n) is 5.37. The van der Waals surface area contributed by atoms with Crippen LogP contribution in [0.5, 0.6) is 5.75 Å². The van der Waals surface area contributed by atoms with E-state index >= 15 is 0 Å². The molecule has 1 aliphatic rings. The monoisotopic (exact) mass is 547 g/mol. The second-order valence-corrected chi connectivity index (χ2v) is 10.7. The van der Waals surface area contributed by atoms with Crippen LogP contribution in [0.15, 0.2) is 72.9 Å². The molecule has 1 heterocycles. The molecule has 214 valence electrons. The van der Waals surface area contributed by atoms with Crippen LogP contribution in [0.25, 0.3) is 0 Å². The summed E-state index contributed by atoms with van der Waals surface area (Å²) in [5.41, 5.74) is 2.03. The van der Waals surface area contributed by atoms with E-state index in [0.29, 0.717) is 25.4 Å². The Labute approximate surface area is 237 Å². The second-order valence-electron chi connectivity index (χ2n) is 10.7. The fraction of sp³-hybridized carbons (Fsp3) is 0.455. The quantitative estimate of drug-likeness (QED) is 0.219. The Bertz CT molecular complexity index is 1190. The molecule has 0 saturated heterocycles. The molecule has 0 unspecified atom stereocenters. The molecule has 40 heavy (non-hydrogen) atoms. The molecule has 2 aromatic carbocycles. The van der Waals surface area contributed by atoms with Crippen molar-refractivity contribution in [1.29, 1.82) is 0 Å². The SMILES string of the molecule is CCCCCN(CC(=O)N(Cc1cccn1Cc1ccc(F)cc1)C1CCCCC1)C(=O)COc1ccccc1. The summed E-state index contributed by atoms with van der Waals surface area (Å²) >= 11 is 0. The van der Waals surface area contributed by atoms with Crippen LogP contribution in [0.1, 0.15) is 69.5 Å². The highest BCUT2D eigenvalue weighted by molar-refractivity contribution is 5.85. The maximum Gasteiger partial charge on any atom is 0.260 e. The molecule has 6 nitrogen and oxygen atoms in total. The third-order valence-electron chi connectivity index (χ3n) is 7.67. The molecule has 0 aliphatic heterocycles. The summed E-state index contributed by atoms with van der Waals surface area (Å²) in [5.74, 6) is 0.196. The van der Waals surface area contributed by atoms with Gasteiger partial charge >= 0.3 is 0 Å². The smallest absolute Gasteiger partial charge is 0.260 e. The summed E-state index contributed by atoms with van der Waals surface area (Å²) < 4.78 is 21.3. The lowest BCUT2D eigenvalue weighted by atomic mass is 9.94. The molecule has 1 aromatic heterocycles. The highest BCUT2D eigenvalue weighted by atomic mass is 19.1. The predicted octanol–water partition coefficient (Wildman–Crippen LogP) is 6.43. The van der Waals surface area contributed by atoms with Crippen LogP contribution in [-0.2, 0) is 22.7 Å². The van der Waals surface area contributed by atoms with Crippen LogP contribution in [0, 0.1) is 5.82 Å². The number of nitrogens with zero attached hydrogens (tertiary/aromatic N) is 3. The normalized spacial score (nSPS) is 13.7. The number of benzene rings is 2. The molecule has 1 fully saturated rings. The van der Waals surface area contributed by atoms with Crippen molar-refractivity contribution >= 4 is 11.8 Å². The minimum Gasteiger partial charge on any atom is -0.484 e. The number of rotatable bonds is 14. The largest absolute Gasteiger partial charge is 0.484 e. The Balaban J connectivity index is 1.48. The Kier molecular flexibility index (Phi) is 11.2. The van der Waals surface area contributed by atoms with Gasteiger partial charge in [-0.2, -0.15) is 0 Å². The van der Waals surface area contributed by atoms with Crippen molar-refractivity contribution in [3.8, 4) is 5.75 Å². The summed E-state index contributed by atoms with van der Waals surface area (Å²) in [6, 6.07) is 20.0. The van der Waals surface area contributed by atoms with Crippen molar-refractivity contribution in [1.82, 2.24) is 14.4 Å². The Morgan fingerprint density at radius 1 is 0.925 bits per heavy atom. The zero-order chi connectivity index (χ0) is 28.2. The number of amides is 2. The van der Waals surface area contributed by atoms with E-state index in [1.54, 1.807) is 17.0 Å². The first-order chi connectivity index (χ1) is 19.5. The van der Waals surface area contributed by atoms with Gasteiger partial charge in [0.05, 0.1) is 13.1 Å². The standard InChI is InChI=1S/C33H42FN3O3/c1-2-3-10-21-36(33(39)26-40-31-15-8-5-9-16-31)25-32(38)37(29-12-6-4-7-13-29)24-30-14-11-22-35(30)23-27-17-19-28(34)20-18-27/h5,8-9,11,14-20,22,29H,2-4,6-7,10,12-13,21,23-26H2,1H3. The number of hydrogen-bond acceptors (Lipinski definition) is 3. The van der Waals surface area contributed by atoms with Crippen LogP contribution >= 0.6 is 0 Å². The van der Waals surface area contributed by atoms with E-state index in [9.17, 15) is 14.0 Å². The average molecular weight is 548 g/mol. The Morgan fingerprint density at radius 2 is 1.68 bits per heavy atom. The van der Waals surface area contributed by atoms with Gasteiger partial charge in [-0.05, 0) is 61.2 Å². The maximum absolute atomic E-state index is 13.9. The molecule has 1 saturated carbocycles. The zero-order valence-electron chi connectivity index (χ0n) is 23.6. The van der Waals surface area contributed by atoms with Gasteiger partial charge in [0.2, 0.25) is 5.91 Å². The van der Waals surface area contributed by atoms with Gasteiger partial charge in [-0.15, -0.1) is 0 Å². The fourth-order valence-corrected chi connectivity index (χ4v) is 5.37. The summed E-state index contributed by atoms with van der Waals surface area (Å²) in [4.78, 5) is 30.8. The molecule has 1 aliphatic carbocycles. The number of para-hydroxylation sites is 1. The highest BCUT2D eigenvalue weighted by Crippen LogP contribution is 2.25. The first-order valence-electron chi connectivity index (χ1n) is 14.7. The molecule has 4 rings (SSSR count). The number of carbonyl (C=O) groups is 2. The first-order valence-corrected chi connectivity index (χ1v) is 14.7. The number of unbranched alkanes of at least 4 members (excludes halogenated alkanes) is 2. The number of halogens is 1. The van der Waals surface area contributed by atoms with E-state index < -0.39 is 0 Å². The second kappa shape index (κ2) is 15.2. The predicted molar refractivity (Wildman–Crippen MR) is 155 cm³/mol. The molecule has 2 amide bonds. The van der Waals surface area contributed by atoms with Crippen molar-refractivity contribution in [2.75, 3.05) is 19.7 Å². The van der Waals surface area contributed by atoms with Crippen LogP contribution < -0.4 is 4.74 Å². The lowest BCUT2D eigenvalue weighted by Gasteiger charge is -2.36. The van der Waals surface area contributed by atoms with Gasteiger partial charge in [-0.3, -0.25) is 9.59 Å². The summed E-state index contributed by atoms with van der Waals surface area (Å²) in [7, 11) is 0. The third kappa shape index (κ3) is 8.70. The Hall–Kier alpha value is -3.61. The molecular formula is C33H42FN3O3. The van der Waals surface area contributed by atoms with Crippen LogP contribution in [0.3, 0.4) is 0 Å². The van der Waals surface area contributed by atoms with Crippen molar-refractivity contribution in [3.05, 3.63) is 90.0 Å². The minimum atomic E-state index is -0.252. The summed E-state index contributed by atoms with van der Waals surface area (Å²) in [6.45, 7) is 3.71. The maximum atomic E-state index is 13.9. The summed E-state index contributed by atoms with van der Waals surface area (Å²) in [6.07, 6.45) is 10.3. The minimum absolute atomic E-state index is 0.0222. The number of aromatic nitrogens is 1. The molecule has 0 N–H and O–H groups in total. The highest BCUT2D eigenvalue weighted by Gasteiger charge is 2.29. The van der Waals surface area contributed by atoms with Gasteiger partial charge in [0.25, 0.3) is 5.91 Å². The Morgan fingerprint density at radius 3 is 2.40 bits per heavy atom. The van der Waals surface area contributed by atoms with E-state index in [2.05, 4.69) is 11.5 Å². The van der Waals surface area contributed by atoms with Crippen LogP contribution in [0.2, 0.25) is 0 Å². The first kappa shape index (κ1) is 29.4. The van der Waals surface area contributed by atoms with Crippen molar-refractivity contribution in [3.63, 3.8) is 0 Å². The molecule has 0 bridgehead atoms. The van der Waals surface area contributed by atoms with Gasteiger partial charge in [-0.25, -0.2) is 4.39 Å². The number of ether oxygens (including phenoxy) is 1. The lowest BCUT2D eigenvalue weighted by Crippen LogP contribution is -2.48. The third-order valence-corrected chi connectivity index (χ3v) is 7.67. The van der Waals surface area contributed by atoms with E-state index in [-0.39, 0.29) is 36.8 Å².